The van der Waals surface area contributed by atoms with Crippen LogP contribution in [-0.4, -0.2) is 28.1 Å². The Hall–Kier alpha value is -3.48. The fraction of sp³-hybridized carbons (Fsp3) is 0.111. The van der Waals surface area contributed by atoms with Crippen LogP contribution in [-0.2, 0) is 0 Å². The van der Waals surface area contributed by atoms with Gasteiger partial charge < -0.3 is 15.4 Å². The Morgan fingerprint density at radius 1 is 1.04 bits per heavy atom. The Kier molecular flexibility index (Phi) is 5.16. The number of carbonyl (C=O) groups is 1. The molecule has 2 aromatic heterocycles. The minimum atomic E-state index is -0.397. The highest BCUT2D eigenvalue weighted by Gasteiger charge is 2.18. The van der Waals surface area contributed by atoms with E-state index in [2.05, 4.69) is 25.6 Å². The third-order valence-electron chi connectivity index (χ3n) is 3.54. The number of amides is 2. The summed E-state index contributed by atoms with van der Waals surface area (Å²) in [7, 11) is 1.48. The second-order valence-electron chi connectivity index (χ2n) is 5.17. The Labute approximate surface area is 145 Å². The van der Waals surface area contributed by atoms with Crippen LogP contribution in [0, 0.1) is 0 Å². The van der Waals surface area contributed by atoms with Crippen molar-refractivity contribution in [1.29, 1.82) is 0 Å². The molecule has 0 bridgehead atoms. The Balaban J connectivity index is 1.82. The smallest absolute Gasteiger partial charge is 0.320 e. The monoisotopic (exact) mass is 335 g/mol. The SMILES string of the molecule is COc1ncncc1NC(=O)NC(c1ccccc1)c1cccnc1. The Bertz CT molecular complexity index is 788. The lowest BCUT2D eigenvalue weighted by molar-refractivity contribution is 0.250. The van der Waals surface area contributed by atoms with Gasteiger partial charge in [0.25, 0.3) is 0 Å². The van der Waals surface area contributed by atoms with Crippen LogP contribution in [0.4, 0.5) is 10.5 Å². The van der Waals surface area contributed by atoms with Crippen molar-refractivity contribution in [2.24, 2.45) is 0 Å². The molecule has 0 aliphatic rings. The number of methoxy groups -OCH3 is 1. The van der Waals surface area contributed by atoms with E-state index in [4.69, 9.17) is 4.74 Å². The largest absolute Gasteiger partial charge is 0.479 e. The molecule has 0 saturated heterocycles. The average Bonchev–Trinajstić information content (AvgIpc) is 2.68. The van der Waals surface area contributed by atoms with Crippen molar-refractivity contribution in [1.82, 2.24) is 20.3 Å². The quantitative estimate of drug-likeness (QED) is 0.748. The summed E-state index contributed by atoms with van der Waals surface area (Å²) in [5.74, 6) is 0.294. The molecule has 25 heavy (non-hydrogen) atoms. The fourth-order valence-corrected chi connectivity index (χ4v) is 2.41. The lowest BCUT2D eigenvalue weighted by Crippen LogP contribution is -2.33. The van der Waals surface area contributed by atoms with Crippen LogP contribution in [0.3, 0.4) is 0 Å². The molecule has 2 N–H and O–H groups in total. The number of carbonyl (C=O) groups excluding carboxylic acids is 1. The molecule has 2 amide bonds. The van der Waals surface area contributed by atoms with E-state index in [0.29, 0.717) is 11.6 Å². The second kappa shape index (κ2) is 7.87. The first-order valence-corrected chi connectivity index (χ1v) is 7.64. The van der Waals surface area contributed by atoms with Crippen LogP contribution in [0.15, 0.2) is 67.4 Å². The van der Waals surface area contributed by atoms with Gasteiger partial charge >= 0.3 is 6.03 Å². The summed E-state index contributed by atoms with van der Waals surface area (Å²) in [6, 6.07) is 12.7. The molecule has 0 saturated carbocycles. The molecule has 126 valence electrons. The third-order valence-corrected chi connectivity index (χ3v) is 3.54. The first kappa shape index (κ1) is 16.4. The van der Waals surface area contributed by atoms with Crippen LogP contribution in [0.5, 0.6) is 5.88 Å². The highest BCUT2D eigenvalue weighted by Crippen LogP contribution is 2.22. The van der Waals surface area contributed by atoms with E-state index in [1.54, 1.807) is 12.4 Å². The zero-order chi connectivity index (χ0) is 17.5. The van der Waals surface area contributed by atoms with E-state index in [9.17, 15) is 4.79 Å². The summed E-state index contributed by atoms with van der Waals surface area (Å²) in [6.07, 6.45) is 6.25. The summed E-state index contributed by atoms with van der Waals surface area (Å²) >= 11 is 0. The number of nitrogens with zero attached hydrogens (tertiary/aromatic N) is 3. The van der Waals surface area contributed by atoms with Crippen LogP contribution < -0.4 is 15.4 Å². The predicted octanol–water partition coefficient (Wildman–Crippen LogP) is 2.79. The number of hydrogen-bond donors (Lipinski definition) is 2. The maximum absolute atomic E-state index is 12.5. The molecule has 0 spiro atoms. The summed E-state index contributed by atoms with van der Waals surface area (Å²) in [5, 5.41) is 5.66. The predicted molar refractivity (Wildman–Crippen MR) is 93.3 cm³/mol. The summed E-state index contributed by atoms with van der Waals surface area (Å²) in [4.78, 5) is 24.5. The molecule has 0 fully saturated rings. The molecule has 1 aromatic carbocycles. The molecular weight excluding hydrogens is 318 g/mol. The van der Waals surface area contributed by atoms with E-state index in [1.807, 2.05) is 42.5 Å². The van der Waals surface area contributed by atoms with Crippen LogP contribution >= 0.6 is 0 Å². The third kappa shape index (κ3) is 4.08. The Morgan fingerprint density at radius 3 is 2.56 bits per heavy atom. The summed E-state index contributed by atoms with van der Waals surface area (Å²) in [5.41, 5.74) is 2.21. The molecule has 7 heteroatoms. The maximum Gasteiger partial charge on any atom is 0.320 e. The number of hydrogen-bond acceptors (Lipinski definition) is 5. The van der Waals surface area contributed by atoms with E-state index >= 15 is 0 Å². The molecule has 3 rings (SSSR count). The van der Waals surface area contributed by atoms with Crippen molar-refractivity contribution < 1.29 is 9.53 Å². The van der Waals surface area contributed by atoms with Gasteiger partial charge in [0.2, 0.25) is 5.88 Å². The normalized spacial score (nSPS) is 11.4. The van der Waals surface area contributed by atoms with Gasteiger partial charge in [0, 0.05) is 12.4 Å². The van der Waals surface area contributed by atoms with Crippen molar-refractivity contribution >= 4 is 11.7 Å². The van der Waals surface area contributed by atoms with Crippen molar-refractivity contribution in [2.45, 2.75) is 6.04 Å². The van der Waals surface area contributed by atoms with E-state index in [-0.39, 0.29) is 6.04 Å². The topological polar surface area (TPSA) is 89.0 Å². The zero-order valence-electron chi connectivity index (χ0n) is 13.6. The van der Waals surface area contributed by atoms with E-state index < -0.39 is 6.03 Å². The summed E-state index contributed by atoms with van der Waals surface area (Å²) < 4.78 is 5.12. The van der Waals surface area contributed by atoms with Crippen LogP contribution in [0.2, 0.25) is 0 Å². The van der Waals surface area contributed by atoms with Gasteiger partial charge in [0.05, 0.1) is 19.3 Å². The molecule has 0 aliphatic carbocycles. The fourth-order valence-electron chi connectivity index (χ4n) is 2.41. The lowest BCUT2D eigenvalue weighted by atomic mass is 10.0. The van der Waals surface area contributed by atoms with Gasteiger partial charge in [-0.2, -0.15) is 4.98 Å². The molecular formula is C18H17N5O2. The van der Waals surface area contributed by atoms with Gasteiger partial charge in [-0.15, -0.1) is 0 Å². The van der Waals surface area contributed by atoms with Crippen LogP contribution in [0.1, 0.15) is 17.2 Å². The van der Waals surface area contributed by atoms with Crippen molar-refractivity contribution in [2.75, 3.05) is 12.4 Å². The minimum absolute atomic E-state index is 0.294. The highest BCUT2D eigenvalue weighted by molar-refractivity contribution is 5.90. The molecule has 7 nitrogen and oxygen atoms in total. The van der Waals surface area contributed by atoms with Gasteiger partial charge in [0.15, 0.2) is 0 Å². The standard InChI is InChI=1S/C18H17N5O2/c1-25-17-15(11-20-12-21-17)22-18(24)23-16(13-6-3-2-4-7-13)14-8-5-9-19-10-14/h2-12,16H,1H3,(H2,22,23,24). The number of benzene rings is 1. The second-order valence-corrected chi connectivity index (χ2v) is 5.17. The molecule has 2 heterocycles. The van der Waals surface area contributed by atoms with E-state index in [0.717, 1.165) is 11.1 Å². The minimum Gasteiger partial charge on any atom is -0.479 e. The maximum atomic E-state index is 12.5. The van der Waals surface area contributed by atoms with Crippen molar-refractivity contribution in [3.8, 4) is 5.88 Å². The highest BCUT2D eigenvalue weighted by atomic mass is 16.5. The number of anilines is 1. The number of pyridine rings is 1. The molecule has 3 aromatic rings. The van der Waals surface area contributed by atoms with Gasteiger partial charge in [-0.1, -0.05) is 36.4 Å². The number of ether oxygens (including phenoxy) is 1. The first-order chi connectivity index (χ1) is 12.3. The number of aromatic nitrogens is 3. The van der Waals surface area contributed by atoms with Gasteiger partial charge in [-0.3, -0.25) is 4.98 Å². The van der Waals surface area contributed by atoms with Gasteiger partial charge in [0.1, 0.15) is 12.0 Å². The van der Waals surface area contributed by atoms with Crippen LogP contribution in [0.25, 0.3) is 0 Å². The number of nitrogens with one attached hydrogen (secondary N) is 2. The molecule has 0 radical (unpaired) electrons. The molecule has 0 aliphatic heterocycles. The average molecular weight is 335 g/mol. The Morgan fingerprint density at radius 2 is 1.84 bits per heavy atom. The first-order valence-electron chi connectivity index (χ1n) is 7.64. The zero-order valence-corrected chi connectivity index (χ0v) is 13.6. The van der Waals surface area contributed by atoms with Gasteiger partial charge in [-0.25, -0.2) is 9.78 Å². The van der Waals surface area contributed by atoms with E-state index in [1.165, 1.54) is 19.6 Å². The van der Waals surface area contributed by atoms with Gasteiger partial charge in [-0.05, 0) is 17.2 Å². The number of rotatable bonds is 5. The molecule has 1 unspecified atom stereocenters. The lowest BCUT2D eigenvalue weighted by Gasteiger charge is -2.20. The van der Waals surface area contributed by atoms with Crippen molar-refractivity contribution in [3.63, 3.8) is 0 Å². The summed E-state index contributed by atoms with van der Waals surface area (Å²) in [6.45, 7) is 0. The number of urea groups is 1. The van der Waals surface area contributed by atoms with Crippen molar-refractivity contribution in [3.05, 3.63) is 78.5 Å². The molecule has 1 atom stereocenters.